The van der Waals surface area contributed by atoms with Crippen LogP contribution < -0.4 is 10.1 Å². The van der Waals surface area contributed by atoms with E-state index in [4.69, 9.17) is 51.1 Å². The minimum Gasteiger partial charge on any atom is -0.481 e. The molecule has 10 heteroatoms. The van der Waals surface area contributed by atoms with Crippen molar-refractivity contribution < 1.29 is 9.53 Å². The molecule has 3 aromatic carbocycles. The number of halogens is 4. The number of carbonyl (C=O) groups is 1. The zero-order chi connectivity index (χ0) is 23.0. The van der Waals surface area contributed by atoms with E-state index in [0.717, 1.165) is 5.69 Å². The number of nitrogens with zero attached hydrogens (tertiary/aromatic N) is 3. The lowest BCUT2D eigenvalue weighted by Crippen LogP contribution is -2.20. The van der Waals surface area contributed by atoms with Crippen molar-refractivity contribution in [1.82, 2.24) is 15.0 Å². The highest BCUT2D eigenvalue weighted by molar-refractivity contribution is 6.42. The molecule has 1 heterocycles. The fourth-order valence-electron chi connectivity index (χ4n) is 3.07. The van der Waals surface area contributed by atoms with Gasteiger partial charge in [-0.05, 0) is 49.2 Å². The molecule has 164 valence electrons. The minimum absolute atomic E-state index is 0.204. The molecule has 32 heavy (non-hydrogen) atoms. The molecule has 4 rings (SSSR count). The maximum atomic E-state index is 12.5. The molecular weight excluding hydrogens is 494 g/mol. The smallest absolute Gasteiger partial charge is 0.262 e. The molecule has 1 aromatic heterocycles. The quantitative estimate of drug-likeness (QED) is 0.326. The Balaban J connectivity index is 1.52. The van der Waals surface area contributed by atoms with Gasteiger partial charge in [0.05, 0.1) is 26.4 Å². The van der Waals surface area contributed by atoms with Gasteiger partial charge >= 0.3 is 0 Å². The van der Waals surface area contributed by atoms with Crippen molar-refractivity contribution in [2.24, 2.45) is 0 Å². The molecule has 1 N–H and O–H groups in total. The Morgan fingerprint density at radius 3 is 2.16 bits per heavy atom. The summed E-state index contributed by atoms with van der Waals surface area (Å²) in [6, 6.07) is 12.8. The molecule has 0 atom stereocenters. The molecule has 0 radical (unpaired) electrons. The largest absolute Gasteiger partial charge is 0.481 e. The van der Waals surface area contributed by atoms with Gasteiger partial charge in [0, 0.05) is 5.02 Å². The Morgan fingerprint density at radius 1 is 0.938 bits per heavy atom. The Kier molecular flexibility index (Phi) is 6.49. The van der Waals surface area contributed by atoms with Crippen LogP contribution in [-0.4, -0.2) is 27.5 Å². The number of hydrogen-bond donors (Lipinski definition) is 1. The summed E-state index contributed by atoms with van der Waals surface area (Å²) in [5, 5.41) is 12.9. The molecule has 0 bridgehead atoms. The van der Waals surface area contributed by atoms with E-state index in [-0.39, 0.29) is 22.4 Å². The van der Waals surface area contributed by atoms with E-state index in [1.54, 1.807) is 26.0 Å². The van der Waals surface area contributed by atoms with E-state index in [0.29, 0.717) is 37.9 Å². The lowest BCUT2D eigenvalue weighted by Gasteiger charge is -2.15. The lowest BCUT2D eigenvalue weighted by molar-refractivity contribution is -0.118. The van der Waals surface area contributed by atoms with Crippen LogP contribution in [0.2, 0.25) is 20.1 Å². The first-order valence-corrected chi connectivity index (χ1v) is 11.0. The number of amides is 1. The van der Waals surface area contributed by atoms with Gasteiger partial charge in [-0.15, -0.1) is 10.2 Å². The van der Waals surface area contributed by atoms with Gasteiger partial charge in [-0.1, -0.05) is 64.6 Å². The minimum atomic E-state index is -0.445. The zero-order valence-electron chi connectivity index (χ0n) is 16.9. The lowest BCUT2D eigenvalue weighted by atomic mass is 10.1. The van der Waals surface area contributed by atoms with E-state index in [1.807, 2.05) is 30.3 Å². The Morgan fingerprint density at radius 2 is 1.53 bits per heavy atom. The topological polar surface area (TPSA) is 69.0 Å². The average molecular weight is 510 g/mol. The van der Waals surface area contributed by atoms with Crippen molar-refractivity contribution in [2.75, 3.05) is 11.9 Å². The first-order chi connectivity index (χ1) is 15.3. The summed E-state index contributed by atoms with van der Waals surface area (Å²) >= 11 is 25.1. The van der Waals surface area contributed by atoms with Gasteiger partial charge in [0.2, 0.25) is 0 Å². The summed E-state index contributed by atoms with van der Waals surface area (Å²) in [5.41, 5.74) is 3.61. The molecule has 0 aliphatic rings. The summed E-state index contributed by atoms with van der Waals surface area (Å²) in [5.74, 6) is -0.241. The maximum Gasteiger partial charge on any atom is 0.262 e. The number of carbonyl (C=O) groups excluding carboxylic acids is 1. The van der Waals surface area contributed by atoms with Gasteiger partial charge in [0.15, 0.2) is 12.4 Å². The molecule has 6 nitrogen and oxygen atoms in total. The van der Waals surface area contributed by atoms with Gasteiger partial charge in [0.25, 0.3) is 5.91 Å². The third-order valence-corrected chi connectivity index (χ3v) is 6.58. The van der Waals surface area contributed by atoms with Crippen LogP contribution in [-0.2, 0) is 4.79 Å². The highest BCUT2D eigenvalue weighted by Gasteiger charge is 2.19. The predicted octanol–water partition coefficient (Wildman–Crippen LogP) is 6.67. The van der Waals surface area contributed by atoms with Gasteiger partial charge in [-0.3, -0.25) is 4.79 Å². The van der Waals surface area contributed by atoms with Crippen LogP contribution in [0.25, 0.3) is 16.7 Å². The Hall–Kier alpha value is -2.51. The van der Waals surface area contributed by atoms with Gasteiger partial charge in [-0.2, -0.15) is 4.80 Å². The predicted molar refractivity (Wildman–Crippen MR) is 129 cm³/mol. The van der Waals surface area contributed by atoms with Crippen molar-refractivity contribution in [2.45, 2.75) is 13.8 Å². The summed E-state index contributed by atoms with van der Waals surface area (Å²) < 4.78 is 5.60. The molecule has 0 saturated heterocycles. The molecule has 0 fully saturated rings. The van der Waals surface area contributed by atoms with Crippen LogP contribution in [0.5, 0.6) is 5.75 Å². The Bertz CT molecular complexity index is 1310. The number of hydrogen-bond acceptors (Lipinski definition) is 4. The molecular formula is C22H16Cl4N4O2. The molecule has 0 unspecified atom stereocenters. The van der Waals surface area contributed by atoms with E-state index < -0.39 is 5.91 Å². The molecule has 0 aliphatic carbocycles. The van der Waals surface area contributed by atoms with E-state index in [1.165, 1.54) is 4.80 Å². The van der Waals surface area contributed by atoms with Crippen LogP contribution in [0.15, 0.2) is 42.5 Å². The third-order valence-electron chi connectivity index (χ3n) is 4.79. The fourth-order valence-corrected chi connectivity index (χ4v) is 4.10. The summed E-state index contributed by atoms with van der Waals surface area (Å²) in [4.78, 5) is 14.0. The van der Waals surface area contributed by atoms with Crippen LogP contribution in [0.3, 0.4) is 0 Å². The van der Waals surface area contributed by atoms with Crippen LogP contribution >= 0.6 is 46.4 Å². The first kappa shape index (κ1) is 22.7. The molecule has 0 spiro atoms. The molecule has 0 aliphatic heterocycles. The molecule has 1 amide bonds. The monoisotopic (exact) mass is 508 g/mol. The number of benzene rings is 3. The van der Waals surface area contributed by atoms with Crippen LogP contribution in [0.4, 0.5) is 5.69 Å². The second-order valence-corrected chi connectivity index (χ2v) is 8.54. The van der Waals surface area contributed by atoms with Crippen molar-refractivity contribution in [3.63, 3.8) is 0 Å². The van der Waals surface area contributed by atoms with Crippen LogP contribution in [0.1, 0.15) is 11.1 Å². The second-order valence-electron chi connectivity index (χ2n) is 7.00. The van der Waals surface area contributed by atoms with E-state index in [2.05, 4.69) is 15.5 Å². The van der Waals surface area contributed by atoms with E-state index >= 15 is 0 Å². The van der Waals surface area contributed by atoms with Gasteiger partial charge in [-0.25, -0.2) is 0 Å². The van der Waals surface area contributed by atoms with Crippen LogP contribution in [0, 0.1) is 13.8 Å². The zero-order valence-corrected chi connectivity index (χ0v) is 19.9. The number of ether oxygens (including phenoxy) is 1. The third kappa shape index (κ3) is 4.36. The van der Waals surface area contributed by atoms with Crippen molar-refractivity contribution in [1.29, 1.82) is 0 Å². The highest BCUT2D eigenvalue weighted by Crippen LogP contribution is 2.42. The summed E-state index contributed by atoms with van der Waals surface area (Å²) in [6.45, 7) is 3.17. The maximum absolute atomic E-state index is 12.5. The number of para-hydroxylation sites is 1. The molecule has 4 aromatic rings. The Labute approximate surface area is 204 Å². The van der Waals surface area contributed by atoms with Crippen molar-refractivity contribution in [3.05, 3.63) is 73.7 Å². The number of nitrogens with one attached hydrogen (secondary N) is 1. The number of anilines is 1. The van der Waals surface area contributed by atoms with Crippen molar-refractivity contribution in [3.8, 4) is 11.4 Å². The average Bonchev–Trinajstić information content (AvgIpc) is 3.20. The summed E-state index contributed by atoms with van der Waals surface area (Å²) in [6.07, 6.45) is 0. The number of aromatic nitrogens is 3. The second kappa shape index (κ2) is 9.16. The first-order valence-electron chi connectivity index (χ1n) is 9.44. The SMILES string of the molecule is Cc1c(Cl)c(C)c(Cl)c(OCC(=O)Nc2cc3nn(-c4ccccc4)nc3cc2Cl)c1Cl. The van der Waals surface area contributed by atoms with E-state index in [9.17, 15) is 4.79 Å². The summed E-state index contributed by atoms with van der Waals surface area (Å²) in [7, 11) is 0. The van der Waals surface area contributed by atoms with Gasteiger partial charge < -0.3 is 10.1 Å². The van der Waals surface area contributed by atoms with Crippen molar-refractivity contribution >= 4 is 69.0 Å². The fraction of sp³-hybridized carbons (Fsp3) is 0.136. The number of fused-ring (bicyclic) bond motifs is 1. The number of rotatable bonds is 5. The van der Waals surface area contributed by atoms with Gasteiger partial charge in [0.1, 0.15) is 11.0 Å². The highest BCUT2D eigenvalue weighted by atomic mass is 35.5. The standard InChI is InChI=1S/C22H16Cl4N4O2/c1-11-19(24)12(2)21(26)22(20(11)25)32-10-18(31)27-15-9-17-16(8-14(15)23)28-30(29-17)13-6-4-3-5-7-13/h3-9H,10H2,1-2H3,(H,27,31). The normalized spacial score (nSPS) is 11.1. The molecule has 0 saturated carbocycles.